The smallest absolute Gasteiger partial charge is 0.226 e. The number of rotatable bonds is 4. The maximum Gasteiger partial charge on any atom is 0.226 e. The van der Waals surface area contributed by atoms with Crippen LogP contribution >= 0.6 is 11.3 Å². The van der Waals surface area contributed by atoms with E-state index in [9.17, 15) is 4.79 Å². The monoisotopic (exact) mass is 330 g/mol. The molecule has 3 aromatic rings. The second-order valence-corrected chi connectivity index (χ2v) is 6.82. The third-order valence-electron chi connectivity index (χ3n) is 4.36. The Morgan fingerprint density at radius 2 is 2.22 bits per heavy atom. The number of amides is 1. The van der Waals surface area contributed by atoms with Crippen molar-refractivity contribution >= 4 is 22.2 Å². The molecular formula is C15H18N6OS. The molecule has 0 aromatic carbocycles. The quantitative estimate of drug-likeness (QED) is 0.792. The van der Waals surface area contributed by atoms with Crippen LogP contribution < -0.4 is 5.32 Å². The van der Waals surface area contributed by atoms with Crippen LogP contribution in [0.5, 0.6) is 0 Å². The zero-order chi connectivity index (χ0) is 15.6. The summed E-state index contributed by atoms with van der Waals surface area (Å²) in [7, 11) is 0. The van der Waals surface area contributed by atoms with Crippen LogP contribution in [-0.4, -0.2) is 36.1 Å². The first-order chi connectivity index (χ1) is 11.3. The van der Waals surface area contributed by atoms with Crippen LogP contribution in [0.4, 0.5) is 0 Å². The topological polar surface area (TPSA) is 77.1 Å². The van der Waals surface area contributed by atoms with E-state index in [0.717, 1.165) is 36.3 Å². The minimum Gasteiger partial charge on any atom is -0.353 e. The fourth-order valence-electron chi connectivity index (χ4n) is 3.20. The van der Waals surface area contributed by atoms with Crippen LogP contribution in [0, 0.1) is 0 Å². The molecule has 0 aliphatic heterocycles. The highest BCUT2D eigenvalue weighted by molar-refractivity contribution is 7.15. The van der Waals surface area contributed by atoms with Crippen LogP contribution in [0.2, 0.25) is 0 Å². The average Bonchev–Trinajstić information content (AvgIpc) is 3.24. The van der Waals surface area contributed by atoms with E-state index in [0.29, 0.717) is 12.5 Å². The van der Waals surface area contributed by atoms with E-state index in [-0.39, 0.29) is 11.9 Å². The molecule has 120 valence electrons. The van der Waals surface area contributed by atoms with Crippen molar-refractivity contribution in [2.24, 2.45) is 0 Å². The molecule has 0 atom stereocenters. The first kappa shape index (κ1) is 14.4. The third kappa shape index (κ3) is 3.12. The van der Waals surface area contributed by atoms with Crippen molar-refractivity contribution in [1.82, 2.24) is 29.5 Å². The van der Waals surface area contributed by atoms with Crippen LogP contribution in [-0.2, 0) is 11.2 Å². The first-order valence-corrected chi connectivity index (χ1v) is 8.70. The number of hydrogen-bond acceptors (Lipinski definition) is 5. The summed E-state index contributed by atoms with van der Waals surface area (Å²) in [6.07, 6.45) is 11.6. The summed E-state index contributed by atoms with van der Waals surface area (Å²) >= 11 is 1.58. The van der Waals surface area contributed by atoms with Crippen molar-refractivity contribution < 1.29 is 4.79 Å². The first-order valence-electron chi connectivity index (χ1n) is 7.82. The summed E-state index contributed by atoms with van der Waals surface area (Å²) < 4.78 is 3.88. The predicted molar refractivity (Wildman–Crippen MR) is 86.2 cm³/mol. The number of imidazole rings is 1. The average molecular weight is 330 g/mol. The molecule has 1 aliphatic carbocycles. The molecule has 1 saturated carbocycles. The summed E-state index contributed by atoms with van der Waals surface area (Å²) in [6, 6.07) is 0.664. The van der Waals surface area contributed by atoms with E-state index in [1.165, 1.54) is 0 Å². The van der Waals surface area contributed by atoms with Gasteiger partial charge in [0, 0.05) is 23.8 Å². The van der Waals surface area contributed by atoms with Crippen molar-refractivity contribution in [3.05, 3.63) is 36.1 Å². The minimum absolute atomic E-state index is 0.0555. The molecule has 0 bridgehead atoms. The summed E-state index contributed by atoms with van der Waals surface area (Å²) in [4.78, 5) is 21.6. The minimum atomic E-state index is 0.0555. The third-order valence-corrected chi connectivity index (χ3v) is 5.13. The number of thiazole rings is 1. The second-order valence-electron chi connectivity index (χ2n) is 5.95. The highest BCUT2D eigenvalue weighted by Gasteiger charge is 2.24. The van der Waals surface area contributed by atoms with Crippen molar-refractivity contribution in [3.8, 4) is 0 Å². The van der Waals surface area contributed by atoms with Gasteiger partial charge in [-0.3, -0.25) is 9.20 Å². The number of nitrogens with zero attached hydrogens (tertiary/aromatic N) is 5. The van der Waals surface area contributed by atoms with E-state index < -0.39 is 0 Å². The van der Waals surface area contributed by atoms with Crippen LogP contribution in [0.3, 0.4) is 0 Å². The molecule has 1 amide bonds. The Balaban J connectivity index is 1.29. The summed E-state index contributed by atoms with van der Waals surface area (Å²) in [6.45, 7) is 0. The zero-order valence-corrected chi connectivity index (χ0v) is 13.4. The molecule has 1 aliphatic rings. The van der Waals surface area contributed by atoms with Crippen LogP contribution in [0.25, 0.3) is 4.96 Å². The molecule has 0 spiro atoms. The maximum absolute atomic E-state index is 12.2. The lowest BCUT2D eigenvalue weighted by Crippen LogP contribution is -2.38. The fourth-order valence-corrected chi connectivity index (χ4v) is 3.91. The number of nitrogens with one attached hydrogen (secondary N) is 1. The van der Waals surface area contributed by atoms with E-state index >= 15 is 0 Å². The molecule has 0 unspecified atom stereocenters. The van der Waals surface area contributed by atoms with Gasteiger partial charge in [-0.15, -0.1) is 11.3 Å². The summed E-state index contributed by atoms with van der Waals surface area (Å²) in [5, 5.41) is 9.33. The fraction of sp³-hybridized carbons (Fsp3) is 0.467. The van der Waals surface area contributed by atoms with Gasteiger partial charge < -0.3 is 5.32 Å². The van der Waals surface area contributed by atoms with Crippen molar-refractivity contribution in [1.29, 1.82) is 0 Å². The lowest BCUT2D eigenvalue weighted by atomic mass is 9.91. The van der Waals surface area contributed by atoms with Crippen LogP contribution in [0.15, 0.2) is 30.4 Å². The van der Waals surface area contributed by atoms with Gasteiger partial charge in [-0.05, 0) is 25.7 Å². The Labute approximate surface area is 137 Å². The molecule has 1 fully saturated rings. The lowest BCUT2D eigenvalue weighted by Gasteiger charge is -2.28. The van der Waals surface area contributed by atoms with Gasteiger partial charge in [0.25, 0.3) is 0 Å². The number of aromatic nitrogens is 5. The van der Waals surface area contributed by atoms with Crippen molar-refractivity contribution in [2.45, 2.75) is 44.2 Å². The van der Waals surface area contributed by atoms with Gasteiger partial charge in [0.1, 0.15) is 12.7 Å². The van der Waals surface area contributed by atoms with E-state index in [4.69, 9.17) is 0 Å². The standard InChI is InChI=1S/C15H18N6OS/c22-14(7-12-8-20-5-6-23-15(20)19-12)18-11-1-3-13(4-2-11)21-10-16-9-17-21/h5-6,8-11,13H,1-4,7H2,(H,18,22). The molecule has 7 nitrogen and oxygen atoms in total. The molecule has 4 rings (SSSR count). The largest absolute Gasteiger partial charge is 0.353 e. The number of carbonyl (C=O) groups is 1. The Kier molecular flexibility index (Phi) is 3.82. The van der Waals surface area contributed by atoms with Gasteiger partial charge in [-0.25, -0.2) is 14.6 Å². The van der Waals surface area contributed by atoms with E-state index in [1.54, 1.807) is 24.0 Å². The Hall–Kier alpha value is -2.22. The Morgan fingerprint density at radius 1 is 1.35 bits per heavy atom. The normalized spacial score (nSPS) is 21.6. The maximum atomic E-state index is 12.2. The van der Waals surface area contributed by atoms with Gasteiger partial charge >= 0.3 is 0 Å². The highest BCUT2D eigenvalue weighted by Crippen LogP contribution is 2.27. The molecule has 8 heteroatoms. The molecule has 0 radical (unpaired) electrons. The van der Waals surface area contributed by atoms with Crippen LogP contribution in [0.1, 0.15) is 37.4 Å². The molecule has 0 saturated heterocycles. The molecule has 3 heterocycles. The van der Waals surface area contributed by atoms with Gasteiger partial charge in [-0.2, -0.15) is 5.10 Å². The van der Waals surface area contributed by atoms with Gasteiger partial charge in [0.05, 0.1) is 18.2 Å². The molecule has 23 heavy (non-hydrogen) atoms. The second kappa shape index (κ2) is 6.11. The lowest BCUT2D eigenvalue weighted by molar-refractivity contribution is -0.121. The number of fused-ring (bicyclic) bond motifs is 1. The molecular weight excluding hydrogens is 312 g/mol. The summed E-state index contributed by atoms with van der Waals surface area (Å²) in [5.74, 6) is 0.0555. The predicted octanol–water partition coefficient (Wildman–Crippen LogP) is 1.83. The SMILES string of the molecule is O=C(Cc1cn2ccsc2n1)NC1CCC(n2cncn2)CC1. The number of hydrogen-bond donors (Lipinski definition) is 1. The molecule has 3 aromatic heterocycles. The Bertz CT molecular complexity index is 755. The summed E-state index contributed by atoms with van der Waals surface area (Å²) in [5.41, 5.74) is 0.825. The van der Waals surface area contributed by atoms with Gasteiger partial charge in [-0.1, -0.05) is 0 Å². The van der Waals surface area contributed by atoms with Crippen molar-refractivity contribution in [3.63, 3.8) is 0 Å². The van der Waals surface area contributed by atoms with E-state index in [2.05, 4.69) is 20.4 Å². The van der Waals surface area contributed by atoms with Gasteiger partial charge in [0.15, 0.2) is 4.96 Å². The van der Waals surface area contributed by atoms with Crippen molar-refractivity contribution in [2.75, 3.05) is 0 Å². The van der Waals surface area contributed by atoms with Gasteiger partial charge in [0.2, 0.25) is 5.91 Å². The Morgan fingerprint density at radius 3 is 2.96 bits per heavy atom. The zero-order valence-electron chi connectivity index (χ0n) is 12.6. The molecule has 1 N–H and O–H groups in total. The highest BCUT2D eigenvalue weighted by atomic mass is 32.1. The van der Waals surface area contributed by atoms with E-state index in [1.807, 2.05) is 26.9 Å². The number of carbonyl (C=O) groups excluding carboxylic acids is 1.